The van der Waals surface area contributed by atoms with Crippen LogP contribution in [0.25, 0.3) is 0 Å². The van der Waals surface area contributed by atoms with E-state index in [4.69, 9.17) is 4.74 Å². The summed E-state index contributed by atoms with van der Waals surface area (Å²) in [6.07, 6.45) is 1.78. The summed E-state index contributed by atoms with van der Waals surface area (Å²) >= 11 is 0. The minimum Gasteiger partial charge on any atom is -0.496 e. The number of Topliss-reactive ketones (excluding diaryl/α,β-unsaturated/α-hetero) is 1. The molecule has 0 radical (unpaired) electrons. The van der Waals surface area contributed by atoms with Gasteiger partial charge in [-0.15, -0.1) is 0 Å². The summed E-state index contributed by atoms with van der Waals surface area (Å²) in [7, 11) is 1.68. The van der Waals surface area contributed by atoms with Gasteiger partial charge in [0.05, 0.1) is 12.7 Å². The Balaban J connectivity index is 2.47. The Morgan fingerprint density at radius 1 is 1.14 bits per heavy atom. The van der Waals surface area contributed by atoms with Crippen LogP contribution in [0.1, 0.15) is 69.4 Å². The van der Waals surface area contributed by atoms with Gasteiger partial charge >= 0.3 is 0 Å². The topological polar surface area (TPSA) is 26.3 Å². The molecule has 2 heteroatoms. The lowest BCUT2D eigenvalue weighted by atomic mass is 9.82. The highest BCUT2D eigenvalue weighted by molar-refractivity contribution is 6.05. The van der Waals surface area contributed by atoms with Gasteiger partial charge in [-0.3, -0.25) is 4.79 Å². The average Bonchev–Trinajstić information content (AvgIpc) is 2.62. The van der Waals surface area contributed by atoms with Gasteiger partial charge in [0, 0.05) is 11.5 Å². The Morgan fingerprint density at radius 2 is 1.76 bits per heavy atom. The van der Waals surface area contributed by atoms with Crippen LogP contribution in [0.3, 0.4) is 0 Å². The third-order valence-corrected chi connectivity index (χ3v) is 4.20. The van der Waals surface area contributed by atoms with Gasteiger partial charge in [-0.1, -0.05) is 53.7 Å². The van der Waals surface area contributed by atoms with Gasteiger partial charge in [0.25, 0.3) is 0 Å². The van der Waals surface area contributed by atoms with E-state index in [2.05, 4.69) is 53.7 Å². The van der Waals surface area contributed by atoms with Crippen molar-refractivity contribution in [1.29, 1.82) is 0 Å². The van der Waals surface area contributed by atoms with Gasteiger partial charge in [0.1, 0.15) is 5.75 Å². The van der Waals surface area contributed by atoms with Gasteiger partial charge in [-0.25, -0.2) is 0 Å². The second-order valence-corrected chi connectivity index (χ2v) is 8.46. The Bertz CT molecular complexity index is 556. The Hall–Kier alpha value is -1.31. The normalized spacial score (nSPS) is 18.8. The first-order chi connectivity index (χ1) is 9.54. The molecule has 0 spiro atoms. The molecule has 0 heterocycles. The van der Waals surface area contributed by atoms with Gasteiger partial charge in [0.15, 0.2) is 5.78 Å². The lowest BCUT2D eigenvalue weighted by Crippen LogP contribution is -2.19. The van der Waals surface area contributed by atoms with Crippen molar-refractivity contribution in [3.8, 4) is 5.75 Å². The molecule has 1 aliphatic carbocycles. The predicted octanol–water partition coefficient (Wildman–Crippen LogP) is 4.78. The molecule has 21 heavy (non-hydrogen) atoms. The van der Waals surface area contributed by atoms with E-state index in [-0.39, 0.29) is 22.5 Å². The lowest BCUT2D eigenvalue weighted by Gasteiger charge is -2.24. The molecule has 2 nitrogen and oxygen atoms in total. The van der Waals surface area contributed by atoms with Gasteiger partial charge in [-0.05, 0) is 29.2 Å². The molecule has 0 fully saturated rings. The molecule has 0 bridgehead atoms. The number of rotatable bonds is 2. The number of hydrogen-bond acceptors (Lipinski definition) is 2. The van der Waals surface area contributed by atoms with Crippen molar-refractivity contribution in [2.24, 2.45) is 11.3 Å². The van der Waals surface area contributed by atoms with Crippen LogP contribution in [0, 0.1) is 11.3 Å². The zero-order valence-electron chi connectivity index (χ0n) is 14.5. The fraction of sp³-hybridized carbons (Fsp3) is 0.632. The van der Waals surface area contributed by atoms with E-state index in [9.17, 15) is 4.79 Å². The Kier molecular flexibility index (Phi) is 3.94. The summed E-state index contributed by atoms with van der Waals surface area (Å²) in [6, 6.07) is 4.25. The number of benzene rings is 1. The maximum Gasteiger partial charge on any atom is 0.170 e. The van der Waals surface area contributed by atoms with Crippen LogP contribution >= 0.6 is 0 Å². The number of carbonyl (C=O) groups excluding carboxylic acids is 1. The largest absolute Gasteiger partial charge is 0.496 e. The fourth-order valence-electron chi connectivity index (χ4n) is 3.33. The second kappa shape index (κ2) is 5.15. The lowest BCUT2D eigenvalue weighted by molar-refractivity contribution is 0.0901. The number of fused-ring (bicyclic) bond motifs is 1. The first kappa shape index (κ1) is 16.1. The van der Waals surface area contributed by atoms with Gasteiger partial charge in [-0.2, -0.15) is 0 Å². The van der Waals surface area contributed by atoms with Crippen molar-refractivity contribution < 1.29 is 9.53 Å². The second-order valence-electron chi connectivity index (χ2n) is 8.46. The number of carbonyl (C=O) groups is 1. The van der Waals surface area contributed by atoms with Gasteiger partial charge in [0.2, 0.25) is 0 Å². The van der Waals surface area contributed by atoms with E-state index in [0.29, 0.717) is 0 Å². The Labute approximate surface area is 128 Å². The third-order valence-electron chi connectivity index (χ3n) is 4.20. The molecular formula is C19H28O2. The highest BCUT2D eigenvalue weighted by Crippen LogP contribution is 2.43. The number of ether oxygens (including phenoxy) is 1. The SMILES string of the molecule is COc1c(C(C)(C)C)ccc2c1C(=O)C(CC(C)(C)C)C2. The van der Waals surface area contributed by atoms with Crippen LogP contribution in [0.2, 0.25) is 0 Å². The van der Waals surface area contributed by atoms with E-state index in [1.54, 1.807) is 7.11 Å². The minimum absolute atomic E-state index is 0.0250. The Morgan fingerprint density at radius 3 is 2.24 bits per heavy atom. The van der Waals surface area contributed by atoms with Crippen LogP contribution in [0.15, 0.2) is 12.1 Å². The zero-order chi connectivity index (χ0) is 16.0. The van der Waals surface area contributed by atoms with Crippen molar-refractivity contribution in [2.75, 3.05) is 7.11 Å². The summed E-state index contributed by atoms with van der Waals surface area (Å²) in [5.74, 6) is 1.16. The smallest absolute Gasteiger partial charge is 0.170 e. The number of methoxy groups -OCH3 is 1. The third kappa shape index (κ3) is 3.14. The molecule has 116 valence electrons. The molecular weight excluding hydrogens is 260 g/mol. The van der Waals surface area contributed by atoms with Crippen molar-refractivity contribution in [2.45, 2.75) is 59.8 Å². The standard InChI is InChI=1S/C19H28O2/c1-18(2,3)11-13-10-12-8-9-14(19(4,5)6)17(21-7)15(12)16(13)20/h8-9,13H,10-11H2,1-7H3. The summed E-state index contributed by atoms with van der Waals surface area (Å²) in [4.78, 5) is 12.9. The zero-order valence-corrected chi connectivity index (χ0v) is 14.5. The molecule has 1 unspecified atom stereocenters. The van der Waals surface area contributed by atoms with Crippen LogP contribution in [-0.4, -0.2) is 12.9 Å². The number of hydrogen-bond donors (Lipinski definition) is 0. The van der Waals surface area contributed by atoms with E-state index in [1.165, 1.54) is 0 Å². The monoisotopic (exact) mass is 288 g/mol. The van der Waals surface area contributed by atoms with E-state index < -0.39 is 0 Å². The van der Waals surface area contributed by atoms with Crippen LogP contribution < -0.4 is 4.74 Å². The molecule has 0 N–H and O–H groups in total. The summed E-state index contributed by atoms with van der Waals surface area (Å²) in [6.45, 7) is 13.1. The molecule has 1 aromatic rings. The van der Waals surface area contributed by atoms with Crippen molar-refractivity contribution in [3.63, 3.8) is 0 Å². The molecule has 2 rings (SSSR count). The maximum atomic E-state index is 12.9. The maximum absolute atomic E-state index is 12.9. The van der Waals surface area contributed by atoms with Crippen molar-refractivity contribution in [1.82, 2.24) is 0 Å². The molecule has 0 aliphatic heterocycles. The molecule has 1 atom stereocenters. The first-order valence-electron chi connectivity index (χ1n) is 7.79. The van der Waals surface area contributed by atoms with Crippen molar-refractivity contribution in [3.05, 3.63) is 28.8 Å². The first-order valence-corrected chi connectivity index (χ1v) is 7.79. The predicted molar refractivity (Wildman–Crippen MR) is 87.3 cm³/mol. The average molecular weight is 288 g/mol. The summed E-state index contributed by atoms with van der Waals surface area (Å²) in [5.41, 5.74) is 3.25. The van der Waals surface area contributed by atoms with E-state index in [0.717, 1.165) is 35.3 Å². The summed E-state index contributed by atoms with van der Waals surface area (Å²) < 4.78 is 5.64. The minimum atomic E-state index is -0.0250. The molecule has 0 aromatic heterocycles. The van der Waals surface area contributed by atoms with E-state index in [1.807, 2.05) is 0 Å². The van der Waals surface area contributed by atoms with Gasteiger partial charge < -0.3 is 4.74 Å². The highest BCUT2D eigenvalue weighted by atomic mass is 16.5. The molecule has 0 amide bonds. The molecule has 0 saturated heterocycles. The highest BCUT2D eigenvalue weighted by Gasteiger charge is 2.37. The molecule has 1 aliphatic rings. The van der Waals surface area contributed by atoms with Crippen LogP contribution in [0.5, 0.6) is 5.75 Å². The molecule has 1 aromatic carbocycles. The van der Waals surface area contributed by atoms with Crippen molar-refractivity contribution >= 4 is 5.78 Å². The summed E-state index contributed by atoms with van der Waals surface area (Å²) in [5, 5.41) is 0. The molecule has 0 saturated carbocycles. The number of ketones is 1. The van der Waals surface area contributed by atoms with E-state index >= 15 is 0 Å². The van der Waals surface area contributed by atoms with Crippen LogP contribution in [-0.2, 0) is 11.8 Å². The quantitative estimate of drug-likeness (QED) is 0.782. The van der Waals surface area contributed by atoms with Crippen LogP contribution in [0.4, 0.5) is 0 Å². The fourth-order valence-corrected chi connectivity index (χ4v) is 3.33.